The Bertz CT molecular complexity index is 493. The van der Waals surface area contributed by atoms with Gasteiger partial charge in [0.2, 0.25) is 0 Å². The number of halogens is 1. The first kappa shape index (κ1) is 16.4. The average molecular weight is 313 g/mol. The molecule has 0 spiro atoms. The first-order valence-corrected chi connectivity index (χ1v) is 7.84. The normalized spacial score (nSPS) is 17.1. The third-order valence-electron chi connectivity index (χ3n) is 4.33. The third-order valence-corrected chi connectivity index (χ3v) is 4.61. The summed E-state index contributed by atoms with van der Waals surface area (Å²) in [6, 6.07) is 4.47. The maximum absolute atomic E-state index is 6.33. The Kier molecular flexibility index (Phi) is 5.36. The molecule has 2 atom stereocenters. The maximum Gasteiger partial charge on any atom is 0.179 e. The Morgan fingerprint density at radius 3 is 2.52 bits per heavy atom. The number of ether oxygens (including phenoxy) is 2. The lowest BCUT2D eigenvalue weighted by Gasteiger charge is -2.35. The first-order valence-electron chi connectivity index (χ1n) is 7.46. The van der Waals surface area contributed by atoms with Crippen molar-refractivity contribution < 1.29 is 9.47 Å². The molecule has 1 heterocycles. The van der Waals surface area contributed by atoms with Crippen molar-refractivity contribution in [3.05, 3.63) is 22.7 Å². The molecular weight excluding hydrogens is 288 g/mol. The van der Waals surface area contributed by atoms with E-state index in [1.165, 1.54) is 0 Å². The fourth-order valence-electron chi connectivity index (χ4n) is 2.61. The number of nitrogens with zero attached hydrogens (tertiary/aromatic N) is 1. The first-order chi connectivity index (χ1) is 9.95. The van der Waals surface area contributed by atoms with Crippen molar-refractivity contribution >= 4 is 11.6 Å². The highest BCUT2D eigenvalue weighted by Crippen LogP contribution is 2.40. The molecule has 0 saturated carbocycles. The predicted molar refractivity (Wildman–Crippen MR) is 86.3 cm³/mol. The molecule has 5 heteroatoms. The van der Waals surface area contributed by atoms with Crippen molar-refractivity contribution in [1.29, 1.82) is 0 Å². The van der Waals surface area contributed by atoms with Crippen molar-refractivity contribution in [1.82, 2.24) is 4.90 Å². The molecule has 118 valence electrons. The Hall–Kier alpha value is -0.970. The summed E-state index contributed by atoms with van der Waals surface area (Å²) < 4.78 is 11.2. The van der Waals surface area contributed by atoms with Crippen LogP contribution in [0.15, 0.2) is 12.1 Å². The van der Waals surface area contributed by atoms with Gasteiger partial charge in [0, 0.05) is 18.6 Å². The summed E-state index contributed by atoms with van der Waals surface area (Å²) in [6.45, 7) is 8.27. The van der Waals surface area contributed by atoms with E-state index in [1.807, 2.05) is 12.1 Å². The van der Waals surface area contributed by atoms with Gasteiger partial charge in [0.15, 0.2) is 11.5 Å². The average Bonchev–Trinajstić information content (AvgIpc) is 2.47. The molecule has 4 nitrogen and oxygen atoms in total. The summed E-state index contributed by atoms with van der Waals surface area (Å²) in [5, 5.41) is 0.589. The van der Waals surface area contributed by atoms with Gasteiger partial charge < -0.3 is 15.2 Å². The molecule has 0 amide bonds. The molecule has 0 bridgehead atoms. The van der Waals surface area contributed by atoms with Crippen LogP contribution in [0.3, 0.4) is 0 Å². The second-order valence-electron chi connectivity index (χ2n) is 5.93. The van der Waals surface area contributed by atoms with Crippen LogP contribution in [0.25, 0.3) is 0 Å². The second-order valence-corrected chi connectivity index (χ2v) is 6.34. The number of hydrogen-bond acceptors (Lipinski definition) is 4. The van der Waals surface area contributed by atoms with Gasteiger partial charge in [-0.25, -0.2) is 0 Å². The van der Waals surface area contributed by atoms with Gasteiger partial charge in [-0.2, -0.15) is 0 Å². The SMILES string of the molecule is CC(C)C(C)N(C)C(CN)c1cc(Cl)c2c(c1)OCCO2. The lowest BCUT2D eigenvalue weighted by Crippen LogP contribution is -2.39. The van der Waals surface area contributed by atoms with Gasteiger partial charge in [-0.3, -0.25) is 4.90 Å². The molecule has 1 aromatic rings. The van der Waals surface area contributed by atoms with Crippen molar-refractivity contribution in [3.63, 3.8) is 0 Å². The summed E-state index contributed by atoms with van der Waals surface area (Å²) >= 11 is 6.33. The van der Waals surface area contributed by atoms with E-state index in [2.05, 4.69) is 32.7 Å². The van der Waals surface area contributed by atoms with Crippen LogP contribution < -0.4 is 15.2 Å². The number of benzene rings is 1. The Morgan fingerprint density at radius 2 is 1.90 bits per heavy atom. The van der Waals surface area contributed by atoms with Gasteiger partial charge >= 0.3 is 0 Å². The Balaban J connectivity index is 2.32. The van der Waals surface area contributed by atoms with Crippen LogP contribution in [0, 0.1) is 5.92 Å². The molecule has 0 aromatic heterocycles. The lowest BCUT2D eigenvalue weighted by atomic mass is 9.99. The summed E-state index contributed by atoms with van der Waals surface area (Å²) in [6.07, 6.45) is 0. The number of rotatable bonds is 5. The van der Waals surface area contributed by atoms with Crippen LogP contribution >= 0.6 is 11.6 Å². The Morgan fingerprint density at radius 1 is 1.24 bits per heavy atom. The number of fused-ring (bicyclic) bond motifs is 1. The van der Waals surface area contributed by atoms with E-state index in [-0.39, 0.29) is 6.04 Å². The minimum Gasteiger partial charge on any atom is -0.486 e. The molecule has 1 aliphatic rings. The molecule has 1 aliphatic heterocycles. The van der Waals surface area contributed by atoms with Crippen molar-refractivity contribution in [2.24, 2.45) is 11.7 Å². The molecule has 0 aliphatic carbocycles. The third kappa shape index (κ3) is 3.44. The fourth-order valence-corrected chi connectivity index (χ4v) is 2.89. The summed E-state index contributed by atoms with van der Waals surface area (Å²) in [4.78, 5) is 2.30. The quantitative estimate of drug-likeness (QED) is 0.907. The van der Waals surface area contributed by atoms with E-state index in [0.717, 1.165) is 5.56 Å². The van der Waals surface area contributed by atoms with Crippen LogP contribution in [0.1, 0.15) is 32.4 Å². The van der Waals surface area contributed by atoms with Crippen LogP contribution in [-0.4, -0.2) is 37.7 Å². The molecule has 2 unspecified atom stereocenters. The zero-order valence-corrected chi connectivity index (χ0v) is 14.0. The lowest BCUT2D eigenvalue weighted by molar-refractivity contribution is 0.149. The van der Waals surface area contributed by atoms with Crippen LogP contribution in [0.2, 0.25) is 5.02 Å². The van der Waals surface area contributed by atoms with Crippen LogP contribution in [-0.2, 0) is 0 Å². The second kappa shape index (κ2) is 6.86. The van der Waals surface area contributed by atoms with E-state index < -0.39 is 0 Å². The highest BCUT2D eigenvalue weighted by molar-refractivity contribution is 6.32. The summed E-state index contributed by atoms with van der Waals surface area (Å²) in [7, 11) is 2.10. The van der Waals surface area contributed by atoms with Gasteiger partial charge in [0.25, 0.3) is 0 Å². The standard InChI is InChI=1S/C16H25ClN2O2/c1-10(2)11(3)19(4)14(9-18)12-7-13(17)16-15(8-12)20-5-6-21-16/h7-8,10-11,14H,5-6,9,18H2,1-4H3. The van der Waals surface area contributed by atoms with E-state index in [0.29, 0.717) is 48.2 Å². The number of nitrogens with two attached hydrogens (primary N) is 1. The minimum absolute atomic E-state index is 0.107. The van der Waals surface area contributed by atoms with E-state index in [4.69, 9.17) is 26.8 Å². The van der Waals surface area contributed by atoms with Gasteiger partial charge in [0.1, 0.15) is 13.2 Å². The van der Waals surface area contributed by atoms with Crippen LogP contribution in [0.5, 0.6) is 11.5 Å². The molecular formula is C16H25ClN2O2. The molecule has 2 rings (SSSR count). The molecule has 0 saturated heterocycles. The summed E-state index contributed by atoms with van der Waals surface area (Å²) in [5.74, 6) is 1.91. The van der Waals surface area contributed by atoms with Gasteiger partial charge in [-0.1, -0.05) is 25.4 Å². The monoisotopic (exact) mass is 312 g/mol. The van der Waals surface area contributed by atoms with E-state index >= 15 is 0 Å². The molecule has 2 N–H and O–H groups in total. The molecule has 0 radical (unpaired) electrons. The highest BCUT2D eigenvalue weighted by Gasteiger charge is 2.25. The van der Waals surface area contributed by atoms with E-state index in [1.54, 1.807) is 0 Å². The zero-order valence-electron chi connectivity index (χ0n) is 13.2. The van der Waals surface area contributed by atoms with Crippen molar-refractivity contribution in [3.8, 4) is 11.5 Å². The van der Waals surface area contributed by atoms with Gasteiger partial charge in [-0.15, -0.1) is 0 Å². The number of hydrogen-bond donors (Lipinski definition) is 1. The smallest absolute Gasteiger partial charge is 0.179 e. The topological polar surface area (TPSA) is 47.7 Å². The summed E-state index contributed by atoms with van der Waals surface area (Å²) in [5.41, 5.74) is 7.08. The Labute approximate surface area is 132 Å². The zero-order chi connectivity index (χ0) is 15.6. The fraction of sp³-hybridized carbons (Fsp3) is 0.625. The maximum atomic E-state index is 6.33. The number of likely N-dealkylation sites (N-methyl/N-ethyl adjacent to an activating group) is 1. The predicted octanol–water partition coefficient (Wildman–Crippen LogP) is 3.09. The minimum atomic E-state index is 0.107. The van der Waals surface area contributed by atoms with Gasteiger partial charge in [0.05, 0.1) is 5.02 Å². The van der Waals surface area contributed by atoms with Crippen molar-refractivity contribution in [2.45, 2.75) is 32.9 Å². The van der Waals surface area contributed by atoms with Crippen molar-refractivity contribution in [2.75, 3.05) is 26.8 Å². The molecule has 0 fully saturated rings. The van der Waals surface area contributed by atoms with E-state index in [9.17, 15) is 0 Å². The molecule has 1 aromatic carbocycles. The largest absolute Gasteiger partial charge is 0.486 e. The van der Waals surface area contributed by atoms with Gasteiger partial charge in [-0.05, 0) is 37.6 Å². The van der Waals surface area contributed by atoms with Crippen LogP contribution in [0.4, 0.5) is 0 Å². The highest BCUT2D eigenvalue weighted by atomic mass is 35.5. The molecule has 21 heavy (non-hydrogen) atoms.